The molecular weight excluding hydrogens is 230 g/mol. The average molecular weight is 247 g/mol. The molecule has 1 saturated heterocycles. The quantitative estimate of drug-likeness (QED) is 0.463. The van der Waals surface area contributed by atoms with Gasteiger partial charge < -0.3 is 4.90 Å². The van der Waals surface area contributed by atoms with Crippen molar-refractivity contribution < 1.29 is 4.92 Å². The van der Waals surface area contributed by atoms with Crippen molar-refractivity contribution in [2.45, 2.75) is 0 Å². The highest BCUT2D eigenvalue weighted by atomic mass is 16.6. The minimum absolute atomic E-state index is 0.143. The zero-order chi connectivity index (χ0) is 13.0. The highest BCUT2D eigenvalue weighted by molar-refractivity contribution is 5.51. The van der Waals surface area contributed by atoms with Crippen molar-refractivity contribution in [3.63, 3.8) is 0 Å². The predicted molar refractivity (Wildman–Crippen MR) is 71.9 cm³/mol. The Morgan fingerprint density at radius 3 is 2.33 bits per heavy atom. The summed E-state index contributed by atoms with van der Waals surface area (Å²) in [6.07, 6.45) is 1.92. The van der Waals surface area contributed by atoms with E-state index in [0.29, 0.717) is 0 Å². The van der Waals surface area contributed by atoms with Gasteiger partial charge in [0.2, 0.25) is 0 Å². The Hall–Kier alpha value is -1.88. The van der Waals surface area contributed by atoms with Crippen molar-refractivity contribution in [1.82, 2.24) is 4.90 Å². The summed E-state index contributed by atoms with van der Waals surface area (Å²) in [4.78, 5) is 14.8. The summed E-state index contributed by atoms with van der Waals surface area (Å²) in [7, 11) is 0. The molecule has 1 heterocycles. The number of nitrogens with zero attached hydrogens (tertiary/aromatic N) is 3. The highest BCUT2D eigenvalue weighted by Crippen LogP contribution is 2.20. The van der Waals surface area contributed by atoms with Gasteiger partial charge in [0.1, 0.15) is 0 Å². The van der Waals surface area contributed by atoms with Crippen LogP contribution in [0, 0.1) is 10.1 Å². The van der Waals surface area contributed by atoms with Crippen molar-refractivity contribution in [3.05, 3.63) is 47.0 Å². The van der Waals surface area contributed by atoms with E-state index in [4.69, 9.17) is 0 Å². The average Bonchev–Trinajstić information content (AvgIpc) is 2.40. The van der Waals surface area contributed by atoms with E-state index in [1.807, 2.05) is 18.2 Å². The number of hydrogen-bond acceptors (Lipinski definition) is 4. The fraction of sp³-hybridized carbons (Fsp3) is 0.385. The number of anilines is 1. The van der Waals surface area contributed by atoms with Crippen LogP contribution in [0.2, 0.25) is 0 Å². The fourth-order valence-electron chi connectivity index (χ4n) is 2.16. The largest absolute Gasteiger partial charge is 0.369 e. The molecule has 0 atom stereocenters. The van der Waals surface area contributed by atoms with E-state index < -0.39 is 0 Å². The summed E-state index contributed by atoms with van der Waals surface area (Å²) in [5.74, 6) is 0. The SMILES string of the molecule is C=CCN1CCN(c2ccc([N+](=O)[O-])cc2)CC1. The van der Waals surface area contributed by atoms with Crippen LogP contribution in [-0.2, 0) is 0 Å². The molecule has 0 radical (unpaired) electrons. The Bertz CT molecular complexity index is 422. The number of piperazine rings is 1. The molecule has 5 heteroatoms. The third kappa shape index (κ3) is 2.87. The van der Waals surface area contributed by atoms with E-state index in [1.54, 1.807) is 12.1 Å². The number of nitro groups is 1. The van der Waals surface area contributed by atoms with Gasteiger partial charge in [-0.05, 0) is 12.1 Å². The van der Waals surface area contributed by atoms with Crippen molar-refractivity contribution in [2.24, 2.45) is 0 Å². The monoisotopic (exact) mass is 247 g/mol. The van der Waals surface area contributed by atoms with Crippen molar-refractivity contribution >= 4 is 11.4 Å². The van der Waals surface area contributed by atoms with Gasteiger partial charge in [0.05, 0.1) is 4.92 Å². The van der Waals surface area contributed by atoms with Gasteiger partial charge >= 0.3 is 0 Å². The first-order valence-electron chi connectivity index (χ1n) is 6.03. The van der Waals surface area contributed by atoms with Gasteiger partial charge in [0.25, 0.3) is 5.69 Å². The summed E-state index contributed by atoms with van der Waals surface area (Å²) in [5.41, 5.74) is 1.20. The Balaban J connectivity index is 1.97. The molecule has 96 valence electrons. The molecule has 0 spiro atoms. The van der Waals surface area contributed by atoms with Crippen LogP contribution in [0.1, 0.15) is 0 Å². The molecule has 18 heavy (non-hydrogen) atoms. The van der Waals surface area contributed by atoms with Gasteiger partial charge in [-0.2, -0.15) is 0 Å². The molecule has 1 aromatic carbocycles. The second-order valence-electron chi connectivity index (χ2n) is 4.35. The lowest BCUT2D eigenvalue weighted by molar-refractivity contribution is -0.384. The van der Waals surface area contributed by atoms with Crippen molar-refractivity contribution in [1.29, 1.82) is 0 Å². The molecule has 0 N–H and O–H groups in total. The Kier molecular flexibility index (Phi) is 3.94. The lowest BCUT2D eigenvalue weighted by atomic mass is 10.2. The Morgan fingerprint density at radius 1 is 1.22 bits per heavy atom. The molecule has 5 nitrogen and oxygen atoms in total. The number of rotatable bonds is 4. The summed E-state index contributed by atoms with van der Waals surface area (Å²) in [6, 6.07) is 6.76. The van der Waals surface area contributed by atoms with Gasteiger partial charge in [-0.25, -0.2) is 0 Å². The van der Waals surface area contributed by atoms with Gasteiger partial charge in [-0.1, -0.05) is 6.08 Å². The molecule has 0 saturated carbocycles. The minimum atomic E-state index is -0.369. The lowest BCUT2D eigenvalue weighted by Gasteiger charge is -2.35. The first kappa shape index (κ1) is 12.6. The molecular formula is C13H17N3O2. The van der Waals surface area contributed by atoms with E-state index >= 15 is 0 Å². The molecule has 1 aliphatic rings. The lowest BCUT2D eigenvalue weighted by Crippen LogP contribution is -2.46. The maximum absolute atomic E-state index is 10.6. The van der Waals surface area contributed by atoms with Crippen molar-refractivity contribution in [3.8, 4) is 0 Å². The third-order valence-corrected chi connectivity index (χ3v) is 3.19. The second kappa shape index (κ2) is 5.64. The second-order valence-corrected chi connectivity index (χ2v) is 4.35. The van der Waals surface area contributed by atoms with Gasteiger partial charge in [0, 0.05) is 50.5 Å². The molecule has 1 aromatic rings. The Morgan fingerprint density at radius 2 is 1.83 bits per heavy atom. The Labute approximate surface area is 106 Å². The zero-order valence-electron chi connectivity index (χ0n) is 10.3. The molecule has 0 aliphatic carbocycles. The van der Waals surface area contributed by atoms with Crippen LogP contribution < -0.4 is 4.90 Å². The van der Waals surface area contributed by atoms with Crippen LogP contribution in [-0.4, -0.2) is 42.5 Å². The van der Waals surface area contributed by atoms with E-state index in [0.717, 1.165) is 38.4 Å². The molecule has 0 amide bonds. The van der Waals surface area contributed by atoms with E-state index in [1.165, 1.54) is 0 Å². The van der Waals surface area contributed by atoms with Crippen LogP contribution in [0.15, 0.2) is 36.9 Å². The van der Waals surface area contributed by atoms with E-state index in [-0.39, 0.29) is 10.6 Å². The third-order valence-electron chi connectivity index (χ3n) is 3.19. The topological polar surface area (TPSA) is 49.6 Å². The first-order chi connectivity index (χ1) is 8.70. The summed E-state index contributed by atoms with van der Waals surface area (Å²) >= 11 is 0. The molecule has 0 aromatic heterocycles. The first-order valence-corrected chi connectivity index (χ1v) is 6.03. The van der Waals surface area contributed by atoms with Gasteiger partial charge in [0.15, 0.2) is 0 Å². The van der Waals surface area contributed by atoms with Crippen LogP contribution >= 0.6 is 0 Å². The number of non-ortho nitro benzene ring substituents is 1. The predicted octanol–water partition coefficient (Wildman–Crippen LogP) is 1.90. The van der Waals surface area contributed by atoms with Crippen LogP contribution in [0.25, 0.3) is 0 Å². The van der Waals surface area contributed by atoms with Crippen LogP contribution in [0.3, 0.4) is 0 Å². The molecule has 1 fully saturated rings. The maximum Gasteiger partial charge on any atom is 0.269 e. The molecule has 1 aliphatic heterocycles. The van der Waals surface area contributed by atoms with Gasteiger partial charge in [-0.15, -0.1) is 6.58 Å². The van der Waals surface area contributed by atoms with E-state index in [2.05, 4.69) is 16.4 Å². The number of hydrogen-bond donors (Lipinski definition) is 0. The molecule has 0 bridgehead atoms. The number of benzene rings is 1. The number of nitro benzene ring substituents is 1. The van der Waals surface area contributed by atoms with E-state index in [9.17, 15) is 10.1 Å². The zero-order valence-corrected chi connectivity index (χ0v) is 10.3. The normalized spacial score (nSPS) is 16.6. The molecule has 2 rings (SSSR count). The summed E-state index contributed by atoms with van der Waals surface area (Å²) < 4.78 is 0. The highest BCUT2D eigenvalue weighted by Gasteiger charge is 2.16. The van der Waals surface area contributed by atoms with Crippen LogP contribution in [0.5, 0.6) is 0 Å². The van der Waals surface area contributed by atoms with Crippen molar-refractivity contribution in [2.75, 3.05) is 37.6 Å². The standard InChI is InChI=1S/C13H17N3O2/c1-2-7-14-8-10-15(11-9-14)12-3-5-13(6-4-12)16(17)18/h2-6H,1,7-11H2. The summed E-state index contributed by atoms with van der Waals surface area (Å²) in [5, 5.41) is 10.6. The maximum atomic E-state index is 10.6. The smallest absolute Gasteiger partial charge is 0.269 e. The fourth-order valence-corrected chi connectivity index (χ4v) is 2.16. The summed E-state index contributed by atoms with van der Waals surface area (Å²) in [6.45, 7) is 8.57. The van der Waals surface area contributed by atoms with Gasteiger partial charge in [-0.3, -0.25) is 15.0 Å². The van der Waals surface area contributed by atoms with Crippen LogP contribution in [0.4, 0.5) is 11.4 Å². The molecule has 0 unspecified atom stereocenters. The minimum Gasteiger partial charge on any atom is -0.369 e.